The lowest BCUT2D eigenvalue weighted by Crippen LogP contribution is -2.01. The maximum atomic E-state index is 10.8. The van der Waals surface area contributed by atoms with E-state index in [0.29, 0.717) is 11.5 Å². The van der Waals surface area contributed by atoms with Gasteiger partial charge in [-0.3, -0.25) is 0 Å². The lowest BCUT2D eigenvalue weighted by atomic mass is 9.86. The molecule has 0 heterocycles. The van der Waals surface area contributed by atoms with Crippen LogP contribution in [0.2, 0.25) is 0 Å². The maximum Gasteiger partial charge on any atom is 0.162 e. The number of aromatic hydroxyl groups is 2. The Morgan fingerprint density at radius 1 is 0.808 bits per heavy atom. The first-order chi connectivity index (χ1) is 12.6. The van der Waals surface area contributed by atoms with Crippen molar-refractivity contribution in [3.05, 3.63) is 71.8 Å². The fourth-order valence-corrected chi connectivity index (χ4v) is 3.20. The molecule has 26 heavy (non-hydrogen) atoms. The van der Waals surface area contributed by atoms with E-state index in [-0.39, 0.29) is 17.4 Å². The summed E-state index contributed by atoms with van der Waals surface area (Å²) >= 11 is 0. The molecule has 0 radical (unpaired) electrons. The number of phenolic OH excluding ortho intramolecular Hbond substituents is 2. The number of ether oxygens (including phenoxy) is 2. The van der Waals surface area contributed by atoms with E-state index in [1.807, 2.05) is 49.4 Å². The summed E-state index contributed by atoms with van der Waals surface area (Å²) in [5.74, 6) is 0.845. The van der Waals surface area contributed by atoms with E-state index in [4.69, 9.17) is 9.47 Å². The van der Waals surface area contributed by atoms with Crippen LogP contribution in [0.25, 0.3) is 11.1 Å². The first-order valence-electron chi connectivity index (χ1n) is 8.39. The Labute approximate surface area is 153 Å². The van der Waals surface area contributed by atoms with Crippen LogP contribution in [0.4, 0.5) is 0 Å². The van der Waals surface area contributed by atoms with Gasteiger partial charge in [0.05, 0.1) is 14.2 Å². The molecular formula is C22H22O4. The first-order valence-corrected chi connectivity index (χ1v) is 8.39. The van der Waals surface area contributed by atoms with E-state index in [2.05, 4.69) is 0 Å². The van der Waals surface area contributed by atoms with Gasteiger partial charge in [-0.1, -0.05) is 49.4 Å². The lowest BCUT2D eigenvalue weighted by Gasteiger charge is -2.21. The Balaban J connectivity index is 2.17. The van der Waals surface area contributed by atoms with E-state index in [9.17, 15) is 10.2 Å². The molecule has 0 aromatic heterocycles. The largest absolute Gasteiger partial charge is 0.504 e. The first kappa shape index (κ1) is 17.7. The van der Waals surface area contributed by atoms with Crippen LogP contribution >= 0.6 is 0 Å². The molecule has 134 valence electrons. The zero-order chi connectivity index (χ0) is 18.7. The summed E-state index contributed by atoms with van der Waals surface area (Å²) in [5.41, 5.74) is 3.54. The van der Waals surface area contributed by atoms with Gasteiger partial charge in [0.15, 0.2) is 23.0 Å². The molecule has 0 aliphatic rings. The predicted molar refractivity (Wildman–Crippen MR) is 102 cm³/mol. The third-order valence-electron chi connectivity index (χ3n) is 4.62. The topological polar surface area (TPSA) is 58.9 Å². The quantitative estimate of drug-likeness (QED) is 0.685. The average molecular weight is 350 g/mol. The van der Waals surface area contributed by atoms with Gasteiger partial charge in [0, 0.05) is 11.5 Å². The minimum Gasteiger partial charge on any atom is -0.504 e. The summed E-state index contributed by atoms with van der Waals surface area (Å²) in [7, 11) is 3.05. The maximum absolute atomic E-state index is 10.8. The van der Waals surface area contributed by atoms with Gasteiger partial charge in [-0.25, -0.2) is 0 Å². The van der Waals surface area contributed by atoms with Gasteiger partial charge in [-0.2, -0.15) is 0 Å². The second-order valence-corrected chi connectivity index (χ2v) is 6.10. The SMILES string of the molecule is COc1ccc(C(C)c2c(-c3ccccc3)ccc(OC)c2O)cc1O. The Hall–Kier alpha value is -3.14. The molecule has 3 aromatic carbocycles. The molecule has 0 amide bonds. The molecule has 3 rings (SSSR count). The Kier molecular flexibility index (Phi) is 5.03. The highest BCUT2D eigenvalue weighted by Crippen LogP contribution is 2.44. The molecule has 0 saturated heterocycles. The van der Waals surface area contributed by atoms with Crippen molar-refractivity contribution in [1.29, 1.82) is 0 Å². The highest BCUT2D eigenvalue weighted by molar-refractivity contribution is 5.74. The van der Waals surface area contributed by atoms with Crippen LogP contribution in [0.5, 0.6) is 23.0 Å². The van der Waals surface area contributed by atoms with Crippen LogP contribution < -0.4 is 9.47 Å². The van der Waals surface area contributed by atoms with Gasteiger partial charge in [0.1, 0.15) is 0 Å². The van der Waals surface area contributed by atoms with Crippen LogP contribution in [0, 0.1) is 0 Å². The fourth-order valence-electron chi connectivity index (χ4n) is 3.20. The molecule has 0 fully saturated rings. The van der Waals surface area contributed by atoms with Gasteiger partial charge in [0.25, 0.3) is 0 Å². The monoisotopic (exact) mass is 350 g/mol. The number of phenols is 2. The molecule has 2 N–H and O–H groups in total. The van der Waals surface area contributed by atoms with E-state index in [0.717, 1.165) is 22.3 Å². The predicted octanol–water partition coefficient (Wildman–Crippen LogP) is 4.93. The standard InChI is InChI=1S/C22H22O4/c1-14(16-9-11-19(25-2)18(23)13-16)21-17(15-7-5-4-6-8-15)10-12-20(26-3)22(21)24/h4-14,23-24H,1-3H3. The zero-order valence-corrected chi connectivity index (χ0v) is 15.1. The van der Waals surface area contributed by atoms with Crippen LogP contribution in [-0.4, -0.2) is 24.4 Å². The summed E-state index contributed by atoms with van der Waals surface area (Å²) in [5, 5.41) is 21.0. The smallest absolute Gasteiger partial charge is 0.162 e. The molecule has 0 bridgehead atoms. The molecule has 1 atom stereocenters. The lowest BCUT2D eigenvalue weighted by molar-refractivity contribution is 0.369. The summed E-state index contributed by atoms with van der Waals surface area (Å²) in [6, 6.07) is 18.9. The van der Waals surface area contributed by atoms with Crippen molar-refractivity contribution in [3.8, 4) is 34.1 Å². The second kappa shape index (κ2) is 7.40. The minimum atomic E-state index is -0.169. The average Bonchev–Trinajstić information content (AvgIpc) is 2.67. The van der Waals surface area contributed by atoms with E-state index in [1.165, 1.54) is 14.2 Å². The van der Waals surface area contributed by atoms with E-state index >= 15 is 0 Å². The third kappa shape index (κ3) is 3.18. The minimum absolute atomic E-state index is 0.0699. The number of rotatable bonds is 5. The molecule has 0 aliphatic heterocycles. The van der Waals surface area contributed by atoms with Gasteiger partial charge in [0.2, 0.25) is 0 Å². The van der Waals surface area contributed by atoms with Crippen molar-refractivity contribution in [1.82, 2.24) is 0 Å². The number of methoxy groups -OCH3 is 2. The fraction of sp³-hybridized carbons (Fsp3) is 0.182. The van der Waals surface area contributed by atoms with Crippen LogP contribution in [-0.2, 0) is 0 Å². The molecule has 3 aromatic rings. The van der Waals surface area contributed by atoms with E-state index < -0.39 is 0 Å². The number of hydrogen-bond donors (Lipinski definition) is 2. The zero-order valence-electron chi connectivity index (χ0n) is 15.1. The van der Waals surface area contributed by atoms with Gasteiger partial charge in [-0.05, 0) is 34.9 Å². The van der Waals surface area contributed by atoms with Crippen molar-refractivity contribution in [2.75, 3.05) is 14.2 Å². The second-order valence-electron chi connectivity index (χ2n) is 6.10. The number of hydrogen-bond acceptors (Lipinski definition) is 4. The van der Waals surface area contributed by atoms with E-state index in [1.54, 1.807) is 18.2 Å². The molecular weight excluding hydrogens is 328 g/mol. The molecule has 4 heteroatoms. The van der Waals surface area contributed by atoms with Crippen molar-refractivity contribution >= 4 is 0 Å². The third-order valence-corrected chi connectivity index (χ3v) is 4.62. The molecule has 4 nitrogen and oxygen atoms in total. The molecule has 0 spiro atoms. The molecule has 0 saturated carbocycles. The highest BCUT2D eigenvalue weighted by atomic mass is 16.5. The number of benzene rings is 3. The van der Waals surface area contributed by atoms with Gasteiger partial charge in [-0.15, -0.1) is 0 Å². The normalized spacial score (nSPS) is 11.8. The van der Waals surface area contributed by atoms with Crippen molar-refractivity contribution in [2.45, 2.75) is 12.8 Å². The summed E-state index contributed by atoms with van der Waals surface area (Å²) in [6.45, 7) is 1.99. The Morgan fingerprint density at radius 2 is 1.46 bits per heavy atom. The van der Waals surface area contributed by atoms with Crippen molar-refractivity contribution in [3.63, 3.8) is 0 Å². The van der Waals surface area contributed by atoms with Crippen molar-refractivity contribution in [2.24, 2.45) is 0 Å². The molecule has 0 aliphatic carbocycles. The Morgan fingerprint density at radius 3 is 2.08 bits per heavy atom. The Bertz CT molecular complexity index is 904. The van der Waals surface area contributed by atoms with Crippen molar-refractivity contribution < 1.29 is 19.7 Å². The van der Waals surface area contributed by atoms with Gasteiger partial charge < -0.3 is 19.7 Å². The summed E-state index contributed by atoms with van der Waals surface area (Å²) in [6.07, 6.45) is 0. The van der Waals surface area contributed by atoms with Crippen LogP contribution in [0.1, 0.15) is 24.0 Å². The van der Waals surface area contributed by atoms with Crippen LogP contribution in [0.15, 0.2) is 60.7 Å². The molecule has 1 unspecified atom stereocenters. The summed E-state index contributed by atoms with van der Waals surface area (Å²) < 4.78 is 10.4. The van der Waals surface area contributed by atoms with Crippen LogP contribution in [0.3, 0.4) is 0 Å². The summed E-state index contributed by atoms with van der Waals surface area (Å²) in [4.78, 5) is 0. The van der Waals surface area contributed by atoms with Gasteiger partial charge >= 0.3 is 0 Å². The highest BCUT2D eigenvalue weighted by Gasteiger charge is 2.22.